The van der Waals surface area contributed by atoms with Gasteiger partial charge in [0.15, 0.2) is 0 Å². The lowest BCUT2D eigenvalue weighted by molar-refractivity contribution is -0.144. The van der Waals surface area contributed by atoms with E-state index >= 15 is 0 Å². The van der Waals surface area contributed by atoms with Crippen LogP contribution in [-0.2, 0) is 4.79 Å². The molecular formula is C7H13NO2. The van der Waals surface area contributed by atoms with E-state index in [0.717, 1.165) is 6.54 Å². The Hall–Kier alpha value is -0.570. The van der Waals surface area contributed by atoms with Gasteiger partial charge in [-0.15, -0.1) is 0 Å². The molecule has 10 heavy (non-hydrogen) atoms. The largest absolute Gasteiger partial charge is 0.480 e. The Bertz CT molecular complexity index is 145. The first-order chi connectivity index (χ1) is 4.63. The average molecular weight is 143 g/mol. The molecule has 0 aromatic rings. The molecule has 58 valence electrons. The molecule has 0 aromatic carbocycles. The van der Waals surface area contributed by atoms with Crippen molar-refractivity contribution in [1.29, 1.82) is 0 Å². The average Bonchev–Trinajstić information content (AvgIpc) is 1.56. The summed E-state index contributed by atoms with van der Waals surface area (Å²) in [4.78, 5) is 10.4. The minimum Gasteiger partial charge on any atom is -0.480 e. The van der Waals surface area contributed by atoms with Crippen molar-refractivity contribution < 1.29 is 9.90 Å². The molecule has 1 aliphatic heterocycles. The molecule has 0 spiro atoms. The summed E-state index contributed by atoms with van der Waals surface area (Å²) in [5, 5.41) is 11.5. The van der Waals surface area contributed by atoms with Crippen molar-refractivity contribution in [2.45, 2.75) is 19.9 Å². The smallest absolute Gasteiger partial charge is 0.321 e. The topological polar surface area (TPSA) is 49.3 Å². The van der Waals surface area contributed by atoms with Crippen LogP contribution in [0.4, 0.5) is 0 Å². The summed E-state index contributed by atoms with van der Waals surface area (Å²) >= 11 is 0. The van der Waals surface area contributed by atoms with Gasteiger partial charge < -0.3 is 10.4 Å². The second kappa shape index (κ2) is 2.58. The van der Waals surface area contributed by atoms with Gasteiger partial charge in [-0.3, -0.25) is 4.79 Å². The van der Waals surface area contributed by atoms with Gasteiger partial charge in [0.2, 0.25) is 0 Å². The van der Waals surface area contributed by atoms with Crippen molar-refractivity contribution >= 4 is 5.97 Å². The first-order valence-electron chi connectivity index (χ1n) is 3.59. The van der Waals surface area contributed by atoms with E-state index in [1.54, 1.807) is 0 Å². The van der Waals surface area contributed by atoms with E-state index in [4.69, 9.17) is 5.11 Å². The molecule has 0 aromatic heterocycles. The highest BCUT2D eigenvalue weighted by Gasteiger charge is 2.37. The summed E-state index contributed by atoms with van der Waals surface area (Å²) in [6.45, 7) is 4.97. The summed E-state index contributed by atoms with van der Waals surface area (Å²) in [5.74, 6) is 0.0878. The highest BCUT2D eigenvalue weighted by molar-refractivity contribution is 5.75. The summed E-state index contributed by atoms with van der Waals surface area (Å²) in [6, 6.07) is -0.292. The van der Waals surface area contributed by atoms with Crippen LogP contribution < -0.4 is 5.32 Å². The first-order valence-corrected chi connectivity index (χ1v) is 3.59. The van der Waals surface area contributed by atoms with Gasteiger partial charge in [0, 0.05) is 6.54 Å². The molecule has 2 atom stereocenters. The third-order valence-electron chi connectivity index (χ3n) is 2.12. The quantitative estimate of drug-likeness (QED) is 0.585. The molecule has 1 rings (SSSR count). The SMILES string of the molecule is CC(C)[C@@H]1CN[C@@H]1C(=O)O. The molecule has 0 radical (unpaired) electrons. The standard InChI is InChI=1S/C7H13NO2/c1-4(2)5-3-8-6(5)7(9)10/h4-6,8H,3H2,1-2H3,(H,9,10)/t5-,6-/m0/s1. The number of carbonyl (C=O) groups is 1. The summed E-state index contributed by atoms with van der Waals surface area (Å²) in [6.07, 6.45) is 0. The van der Waals surface area contributed by atoms with Gasteiger partial charge in [-0.1, -0.05) is 13.8 Å². The third kappa shape index (κ3) is 1.14. The van der Waals surface area contributed by atoms with Gasteiger partial charge in [-0.2, -0.15) is 0 Å². The second-order valence-electron chi connectivity index (χ2n) is 3.13. The van der Waals surface area contributed by atoms with E-state index in [9.17, 15) is 4.79 Å². The minimum atomic E-state index is -0.718. The molecule has 1 heterocycles. The Morgan fingerprint density at radius 2 is 2.30 bits per heavy atom. The Morgan fingerprint density at radius 1 is 1.70 bits per heavy atom. The van der Waals surface area contributed by atoms with Crippen molar-refractivity contribution in [2.24, 2.45) is 11.8 Å². The fraction of sp³-hybridized carbons (Fsp3) is 0.857. The predicted octanol–water partition coefficient (Wildman–Crippen LogP) is 0.315. The molecule has 0 amide bonds. The lowest BCUT2D eigenvalue weighted by atomic mass is 9.82. The van der Waals surface area contributed by atoms with Crippen molar-refractivity contribution in [2.75, 3.05) is 6.54 Å². The molecular weight excluding hydrogens is 130 g/mol. The Kier molecular flexibility index (Phi) is 1.94. The zero-order chi connectivity index (χ0) is 7.72. The van der Waals surface area contributed by atoms with Gasteiger partial charge in [0.05, 0.1) is 0 Å². The summed E-state index contributed by atoms with van der Waals surface area (Å²) in [5.41, 5.74) is 0. The monoisotopic (exact) mass is 143 g/mol. The molecule has 1 saturated heterocycles. The van der Waals surface area contributed by atoms with E-state index in [-0.39, 0.29) is 6.04 Å². The number of rotatable bonds is 2. The lowest BCUT2D eigenvalue weighted by Gasteiger charge is -2.37. The fourth-order valence-corrected chi connectivity index (χ4v) is 1.26. The summed E-state index contributed by atoms with van der Waals surface area (Å²) < 4.78 is 0. The van der Waals surface area contributed by atoms with E-state index in [1.165, 1.54) is 0 Å². The van der Waals surface area contributed by atoms with E-state index in [2.05, 4.69) is 19.2 Å². The van der Waals surface area contributed by atoms with Crippen LogP contribution in [0.5, 0.6) is 0 Å². The predicted molar refractivity (Wildman–Crippen MR) is 37.8 cm³/mol. The number of aliphatic carboxylic acids is 1. The van der Waals surface area contributed by atoms with Crippen LogP contribution in [0.15, 0.2) is 0 Å². The molecule has 3 heteroatoms. The van der Waals surface area contributed by atoms with Crippen molar-refractivity contribution in [3.05, 3.63) is 0 Å². The van der Waals surface area contributed by atoms with Crippen molar-refractivity contribution in [3.63, 3.8) is 0 Å². The molecule has 0 unspecified atom stereocenters. The van der Waals surface area contributed by atoms with E-state index in [0.29, 0.717) is 11.8 Å². The van der Waals surface area contributed by atoms with Crippen LogP contribution in [0.3, 0.4) is 0 Å². The van der Waals surface area contributed by atoms with Gasteiger partial charge in [-0.05, 0) is 11.8 Å². The fourth-order valence-electron chi connectivity index (χ4n) is 1.26. The number of nitrogens with one attached hydrogen (secondary N) is 1. The number of hydrogen-bond acceptors (Lipinski definition) is 2. The minimum absolute atomic E-state index is 0.292. The Labute approximate surface area is 60.4 Å². The number of carboxylic acids is 1. The van der Waals surface area contributed by atoms with Gasteiger partial charge in [0.1, 0.15) is 6.04 Å². The normalized spacial score (nSPS) is 31.9. The highest BCUT2D eigenvalue weighted by atomic mass is 16.4. The zero-order valence-electron chi connectivity index (χ0n) is 6.29. The first kappa shape index (κ1) is 7.54. The van der Waals surface area contributed by atoms with Crippen LogP contribution in [-0.4, -0.2) is 23.7 Å². The number of hydrogen-bond donors (Lipinski definition) is 2. The molecule has 1 aliphatic rings. The zero-order valence-corrected chi connectivity index (χ0v) is 6.29. The van der Waals surface area contributed by atoms with Crippen LogP contribution in [0.25, 0.3) is 0 Å². The number of carboxylic acid groups (broad SMARTS) is 1. The summed E-state index contributed by atoms with van der Waals surface area (Å²) in [7, 11) is 0. The molecule has 1 fully saturated rings. The van der Waals surface area contributed by atoms with Crippen molar-refractivity contribution in [3.8, 4) is 0 Å². The molecule has 3 nitrogen and oxygen atoms in total. The molecule has 0 aliphatic carbocycles. The third-order valence-corrected chi connectivity index (χ3v) is 2.12. The Morgan fingerprint density at radius 3 is 2.40 bits per heavy atom. The van der Waals surface area contributed by atoms with Gasteiger partial charge >= 0.3 is 5.97 Å². The van der Waals surface area contributed by atoms with Crippen LogP contribution in [0.2, 0.25) is 0 Å². The highest BCUT2D eigenvalue weighted by Crippen LogP contribution is 2.21. The van der Waals surface area contributed by atoms with Crippen LogP contribution in [0, 0.1) is 11.8 Å². The van der Waals surface area contributed by atoms with Crippen LogP contribution in [0.1, 0.15) is 13.8 Å². The second-order valence-corrected chi connectivity index (χ2v) is 3.13. The molecule has 2 N–H and O–H groups in total. The molecule has 0 bridgehead atoms. The van der Waals surface area contributed by atoms with E-state index < -0.39 is 5.97 Å². The van der Waals surface area contributed by atoms with Crippen molar-refractivity contribution in [1.82, 2.24) is 5.32 Å². The maximum atomic E-state index is 10.4. The molecule has 0 saturated carbocycles. The van der Waals surface area contributed by atoms with Crippen LogP contribution >= 0.6 is 0 Å². The van der Waals surface area contributed by atoms with E-state index in [1.807, 2.05) is 0 Å². The van der Waals surface area contributed by atoms with Gasteiger partial charge in [-0.25, -0.2) is 0 Å². The Balaban J connectivity index is 2.43. The maximum Gasteiger partial charge on any atom is 0.321 e. The van der Waals surface area contributed by atoms with Gasteiger partial charge in [0.25, 0.3) is 0 Å². The lowest BCUT2D eigenvalue weighted by Crippen LogP contribution is -2.59. The maximum absolute atomic E-state index is 10.4.